The number of benzene rings is 1. The summed E-state index contributed by atoms with van der Waals surface area (Å²) in [6, 6.07) is 5.58. The summed E-state index contributed by atoms with van der Waals surface area (Å²) in [6.07, 6.45) is 0.257. The van der Waals surface area contributed by atoms with Gasteiger partial charge < -0.3 is 15.0 Å². The Morgan fingerprint density at radius 3 is 2.94 bits per heavy atom. The second kappa shape index (κ2) is 5.27. The van der Waals surface area contributed by atoms with E-state index in [4.69, 9.17) is 22.1 Å². The number of amides is 1. The Labute approximate surface area is 109 Å². The van der Waals surface area contributed by atoms with Gasteiger partial charge in [-0.3, -0.25) is 4.79 Å². The zero-order valence-corrected chi connectivity index (χ0v) is 10.8. The minimum Gasteiger partial charge on any atom is -0.497 e. The van der Waals surface area contributed by atoms with E-state index >= 15 is 0 Å². The van der Waals surface area contributed by atoms with Gasteiger partial charge in [-0.05, 0) is 12.1 Å². The van der Waals surface area contributed by atoms with Gasteiger partial charge in [-0.25, -0.2) is 4.98 Å². The lowest BCUT2D eigenvalue weighted by molar-refractivity contribution is -0.118. The van der Waals surface area contributed by atoms with Crippen LogP contribution >= 0.6 is 11.6 Å². The van der Waals surface area contributed by atoms with Crippen LogP contribution in [0, 0.1) is 0 Å². The van der Waals surface area contributed by atoms with E-state index in [-0.39, 0.29) is 18.2 Å². The van der Waals surface area contributed by atoms with Crippen LogP contribution in [0.5, 0.6) is 5.75 Å². The summed E-state index contributed by atoms with van der Waals surface area (Å²) in [6.45, 7) is 0.473. The molecule has 18 heavy (non-hydrogen) atoms. The molecule has 0 fully saturated rings. The van der Waals surface area contributed by atoms with Crippen LogP contribution in [0.4, 0.5) is 0 Å². The molecule has 96 valence electrons. The van der Waals surface area contributed by atoms with Crippen molar-refractivity contribution in [1.82, 2.24) is 9.55 Å². The lowest BCUT2D eigenvalue weighted by Gasteiger charge is -2.06. The van der Waals surface area contributed by atoms with Crippen LogP contribution in [0.15, 0.2) is 18.2 Å². The van der Waals surface area contributed by atoms with Gasteiger partial charge in [0.1, 0.15) is 11.6 Å². The normalized spacial score (nSPS) is 10.8. The molecule has 0 bridgehead atoms. The topological polar surface area (TPSA) is 70.1 Å². The number of carbonyl (C=O) groups is 1. The van der Waals surface area contributed by atoms with Gasteiger partial charge >= 0.3 is 0 Å². The van der Waals surface area contributed by atoms with Crippen LogP contribution in [0.3, 0.4) is 0 Å². The standard InChI is InChI=1S/C12H14ClN3O2/c1-18-8-2-3-9-10(6-8)16(5-4-11(14)17)12(7-13)15-9/h2-3,6H,4-5,7H2,1H3,(H2,14,17). The highest BCUT2D eigenvalue weighted by atomic mass is 35.5. The first-order chi connectivity index (χ1) is 8.65. The van der Waals surface area contributed by atoms with Crippen LogP contribution in [-0.2, 0) is 17.2 Å². The van der Waals surface area contributed by atoms with Crippen LogP contribution in [0.1, 0.15) is 12.2 Å². The molecule has 1 heterocycles. The lowest BCUT2D eigenvalue weighted by Crippen LogP contribution is -2.14. The van der Waals surface area contributed by atoms with E-state index in [1.54, 1.807) is 7.11 Å². The highest BCUT2D eigenvalue weighted by Crippen LogP contribution is 2.23. The first kappa shape index (κ1) is 12.7. The molecular formula is C12H14ClN3O2. The number of hydrogen-bond acceptors (Lipinski definition) is 3. The minimum atomic E-state index is -0.347. The number of nitrogens with zero attached hydrogens (tertiary/aromatic N) is 2. The molecule has 1 aromatic carbocycles. The number of halogens is 1. The van der Waals surface area contributed by atoms with Gasteiger partial charge in [-0.1, -0.05) is 0 Å². The largest absolute Gasteiger partial charge is 0.497 e. The summed E-state index contributed by atoms with van der Waals surface area (Å²) in [5.74, 6) is 1.40. The summed E-state index contributed by atoms with van der Waals surface area (Å²) in [5.41, 5.74) is 6.89. The molecule has 2 N–H and O–H groups in total. The lowest BCUT2D eigenvalue weighted by atomic mass is 10.3. The molecule has 0 aliphatic heterocycles. The van der Waals surface area contributed by atoms with Crippen molar-refractivity contribution >= 4 is 28.5 Å². The number of primary amides is 1. The summed E-state index contributed by atoms with van der Waals surface area (Å²) in [5, 5.41) is 0. The molecule has 6 heteroatoms. The molecule has 0 unspecified atom stereocenters. The fraction of sp³-hybridized carbons (Fsp3) is 0.333. The fourth-order valence-electron chi connectivity index (χ4n) is 1.85. The zero-order chi connectivity index (χ0) is 13.1. The minimum absolute atomic E-state index is 0.257. The first-order valence-electron chi connectivity index (χ1n) is 5.53. The van der Waals surface area contributed by atoms with E-state index in [0.717, 1.165) is 22.6 Å². The molecule has 0 saturated heterocycles. The maximum absolute atomic E-state index is 10.9. The number of imidazole rings is 1. The fourth-order valence-corrected chi connectivity index (χ4v) is 2.06. The molecule has 0 radical (unpaired) electrons. The third-order valence-electron chi connectivity index (χ3n) is 2.74. The van der Waals surface area contributed by atoms with Crippen molar-refractivity contribution in [3.63, 3.8) is 0 Å². The smallest absolute Gasteiger partial charge is 0.219 e. The summed E-state index contributed by atoms with van der Waals surface area (Å²) in [4.78, 5) is 15.3. The second-order valence-electron chi connectivity index (χ2n) is 3.88. The first-order valence-corrected chi connectivity index (χ1v) is 6.06. The van der Waals surface area contributed by atoms with Crippen molar-refractivity contribution in [3.8, 4) is 5.75 Å². The molecule has 2 aromatic rings. The SMILES string of the molecule is COc1ccc2nc(CCl)n(CCC(N)=O)c2c1. The Hall–Kier alpha value is -1.75. The Balaban J connectivity index is 2.48. The molecule has 0 saturated carbocycles. The molecule has 0 spiro atoms. The average Bonchev–Trinajstić information content (AvgIpc) is 2.72. The number of fused-ring (bicyclic) bond motifs is 1. The Bertz CT molecular complexity index is 580. The zero-order valence-electron chi connectivity index (χ0n) is 10.0. The highest BCUT2D eigenvalue weighted by Gasteiger charge is 2.11. The van der Waals surface area contributed by atoms with E-state index < -0.39 is 0 Å². The van der Waals surface area contributed by atoms with E-state index in [1.165, 1.54) is 0 Å². The van der Waals surface area contributed by atoms with Crippen LogP contribution < -0.4 is 10.5 Å². The molecule has 2 rings (SSSR count). The van der Waals surface area contributed by atoms with Gasteiger partial charge in [-0.2, -0.15) is 0 Å². The maximum atomic E-state index is 10.9. The number of aromatic nitrogens is 2. The summed E-state index contributed by atoms with van der Waals surface area (Å²) < 4.78 is 7.08. The van der Waals surface area contributed by atoms with Gasteiger partial charge in [0.15, 0.2) is 0 Å². The van der Waals surface area contributed by atoms with Gasteiger partial charge in [-0.15, -0.1) is 11.6 Å². The summed E-state index contributed by atoms with van der Waals surface area (Å²) in [7, 11) is 1.60. The number of carbonyl (C=O) groups excluding carboxylic acids is 1. The molecule has 1 amide bonds. The second-order valence-corrected chi connectivity index (χ2v) is 4.15. The number of nitrogens with two attached hydrogens (primary N) is 1. The predicted octanol–water partition coefficient (Wildman–Crippen LogP) is 1.66. The van der Waals surface area contributed by atoms with Gasteiger partial charge in [0.2, 0.25) is 5.91 Å². The number of alkyl halides is 1. The molecule has 0 aliphatic carbocycles. The monoisotopic (exact) mass is 267 g/mol. The number of aryl methyl sites for hydroxylation is 1. The predicted molar refractivity (Wildman–Crippen MR) is 69.7 cm³/mol. The van der Waals surface area contributed by atoms with Crippen LogP contribution in [0.2, 0.25) is 0 Å². The molecular weight excluding hydrogens is 254 g/mol. The molecule has 1 aromatic heterocycles. The quantitative estimate of drug-likeness (QED) is 0.838. The van der Waals surface area contributed by atoms with Crippen molar-refractivity contribution in [2.45, 2.75) is 18.8 Å². The number of ether oxygens (including phenoxy) is 1. The van der Waals surface area contributed by atoms with Crippen LogP contribution in [0.25, 0.3) is 11.0 Å². The Kier molecular flexibility index (Phi) is 3.72. The maximum Gasteiger partial charge on any atom is 0.219 e. The highest BCUT2D eigenvalue weighted by molar-refractivity contribution is 6.16. The molecule has 5 nitrogen and oxygen atoms in total. The van der Waals surface area contributed by atoms with Crippen LogP contribution in [-0.4, -0.2) is 22.6 Å². The average molecular weight is 268 g/mol. The van der Waals surface area contributed by atoms with Crippen molar-refractivity contribution in [3.05, 3.63) is 24.0 Å². The Morgan fingerprint density at radius 2 is 2.33 bits per heavy atom. The van der Waals surface area contributed by atoms with Crippen molar-refractivity contribution in [2.75, 3.05) is 7.11 Å². The third-order valence-corrected chi connectivity index (χ3v) is 2.97. The number of methoxy groups -OCH3 is 1. The molecule has 0 aliphatic rings. The van der Waals surface area contributed by atoms with Crippen molar-refractivity contribution < 1.29 is 9.53 Å². The number of rotatable bonds is 5. The van der Waals surface area contributed by atoms with E-state index in [0.29, 0.717) is 6.54 Å². The van der Waals surface area contributed by atoms with E-state index in [9.17, 15) is 4.79 Å². The van der Waals surface area contributed by atoms with Gasteiger partial charge in [0.25, 0.3) is 0 Å². The summed E-state index contributed by atoms with van der Waals surface area (Å²) >= 11 is 5.86. The van der Waals surface area contributed by atoms with Gasteiger partial charge in [0, 0.05) is 19.0 Å². The van der Waals surface area contributed by atoms with Gasteiger partial charge in [0.05, 0.1) is 24.0 Å². The Morgan fingerprint density at radius 1 is 1.56 bits per heavy atom. The number of hydrogen-bond donors (Lipinski definition) is 1. The third kappa shape index (κ3) is 2.41. The van der Waals surface area contributed by atoms with Crippen molar-refractivity contribution in [1.29, 1.82) is 0 Å². The molecule has 0 atom stereocenters. The van der Waals surface area contributed by atoms with E-state index in [1.807, 2.05) is 22.8 Å². The van der Waals surface area contributed by atoms with E-state index in [2.05, 4.69) is 4.98 Å². The van der Waals surface area contributed by atoms with Crippen molar-refractivity contribution in [2.24, 2.45) is 5.73 Å².